The van der Waals surface area contributed by atoms with E-state index in [4.69, 9.17) is 9.47 Å². The van der Waals surface area contributed by atoms with Crippen molar-refractivity contribution in [2.75, 3.05) is 46.9 Å². The third-order valence-corrected chi connectivity index (χ3v) is 3.64. The molecule has 2 saturated heterocycles. The fourth-order valence-corrected chi connectivity index (χ4v) is 2.40. The molecule has 2 aliphatic rings. The first-order valence-corrected chi connectivity index (χ1v) is 5.90. The maximum atomic E-state index is 5.43. The van der Waals surface area contributed by atoms with Crippen molar-refractivity contribution in [1.82, 2.24) is 10.2 Å². The molecule has 4 nitrogen and oxygen atoms in total. The summed E-state index contributed by atoms with van der Waals surface area (Å²) in [7, 11) is 3.53. The molecule has 2 unspecified atom stereocenters. The number of rotatable bonds is 4. The van der Waals surface area contributed by atoms with Crippen LogP contribution in [0.1, 0.15) is 6.92 Å². The molecule has 2 rings (SSSR count). The number of methoxy groups -OCH3 is 2. The smallest absolute Gasteiger partial charge is 0.0971 e. The van der Waals surface area contributed by atoms with E-state index in [9.17, 15) is 0 Å². The average Bonchev–Trinajstić information content (AvgIpc) is 2.57. The highest BCUT2D eigenvalue weighted by molar-refractivity contribution is 5.22. The van der Waals surface area contributed by atoms with Gasteiger partial charge in [-0.05, 0) is 12.5 Å². The van der Waals surface area contributed by atoms with Gasteiger partial charge in [0.05, 0.1) is 12.2 Å². The molecule has 2 heterocycles. The molecule has 0 saturated carbocycles. The Balaban J connectivity index is 1.87. The lowest BCUT2D eigenvalue weighted by Crippen LogP contribution is -2.36. The summed E-state index contributed by atoms with van der Waals surface area (Å²) in [6.07, 6.45) is 0.449. The van der Waals surface area contributed by atoms with E-state index in [0.717, 1.165) is 32.7 Å². The van der Waals surface area contributed by atoms with Gasteiger partial charge in [0.1, 0.15) is 0 Å². The number of ether oxygens (including phenoxy) is 2. The predicted molar refractivity (Wildman–Crippen MR) is 63.6 cm³/mol. The maximum Gasteiger partial charge on any atom is 0.0971 e. The molecule has 0 aromatic heterocycles. The molecule has 2 aliphatic heterocycles. The van der Waals surface area contributed by atoms with Crippen LogP contribution < -0.4 is 5.32 Å². The Morgan fingerprint density at radius 1 is 1.25 bits per heavy atom. The summed E-state index contributed by atoms with van der Waals surface area (Å²) < 4.78 is 10.9. The molecule has 0 amide bonds. The molecule has 0 spiro atoms. The zero-order valence-corrected chi connectivity index (χ0v) is 10.5. The Morgan fingerprint density at radius 3 is 2.19 bits per heavy atom. The molecule has 92 valence electrons. The van der Waals surface area contributed by atoms with E-state index < -0.39 is 0 Å². The summed E-state index contributed by atoms with van der Waals surface area (Å²) in [6, 6.07) is 0. The fourth-order valence-electron chi connectivity index (χ4n) is 2.40. The van der Waals surface area contributed by atoms with E-state index in [-0.39, 0.29) is 12.2 Å². The molecule has 0 radical (unpaired) electrons. The second kappa shape index (κ2) is 5.27. The van der Waals surface area contributed by atoms with Crippen molar-refractivity contribution in [2.45, 2.75) is 19.1 Å². The number of nitrogens with zero attached hydrogens (tertiary/aromatic N) is 1. The van der Waals surface area contributed by atoms with Crippen LogP contribution in [0.15, 0.2) is 11.1 Å². The van der Waals surface area contributed by atoms with Crippen molar-refractivity contribution in [3.8, 4) is 0 Å². The first kappa shape index (κ1) is 12.0. The number of hydrogen-bond donors (Lipinski definition) is 1. The first-order valence-electron chi connectivity index (χ1n) is 5.90. The Labute approximate surface area is 97.6 Å². The van der Waals surface area contributed by atoms with Crippen molar-refractivity contribution in [3.05, 3.63) is 11.1 Å². The van der Waals surface area contributed by atoms with Gasteiger partial charge in [-0.2, -0.15) is 0 Å². The fraction of sp³-hybridized carbons (Fsp3) is 0.833. The molecule has 0 aromatic carbocycles. The minimum atomic E-state index is 0.224. The van der Waals surface area contributed by atoms with Crippen LogP contribution in [0.25, 0.3) is 0 Å². The van der Waals surface area contributed by atoms with E-state index in [1.54, 1.807) is 19.8 Å². The zero-order chi connectivity index (χ0) is 11.5. The van der Waals surface area contributed by atoms with Gasteiger partial charge in [0.2, 0.25) is 0 Å². The van der Waals surface area contributed by atoms with E-state index in [1.165, 1.54) is 5.57 Å². The van der Waals surface area contributed by atoms with Crippen LogP contribution in [0.5, 0.6) is 0 Å². The van der Waals surface area contributed by atoms with Crippen LogP contribution in [0.4, 0.5) is 0 Å². The second-order valence-electron chi connectivity index (χ2n) is 4.73. The molecule has 4 heteroatoms. The standard InChI is InChI=1S/C12H22N2O2/c1-9(10-4-13-5-10)6-14-7-11(15-2)12(8-14)16-3/h11-13H,4-8H2,1-3H3. The Morgan fingerprint density at radius 2 is 1.81 bits per heavy atom. The minimum absolute atomic E-state index is 0.224. The molecule has 0 aliphatic carbocycles. The van der Waals surface area contributed by atoms with E-state index in [1.807, 2.05) is 0 Å². The van der Waals surface area contributed by atoms with Crippen LogP contribution in [0.3, 0.4) is 0 Å². The summed E-state index contributed by atoms with van der Waals surface area (Å²) in [4.78, 5) is 2.42. The summed E-state index contributed by atoms with van der Waals surface area (Å²) >= 11 is 0. The van der Waals surface area contributed by atoms with Crippen LogP contribution in [0, 0.1) is 0 Å². The van der Waals surface area contributed by atoms with Gasteiger partial charge < -0.3 is 14.8 Å². The van der Waals surface area contributed by atoms with Gasteiger partial charge in [0.25, 0.3) is 0 Å². The van der Waals surface area contributed by atoms with Crippen molar-refractivity contribution in [2.24, 2.45) is 0 Å². The van der Waals surface area contributed by atoms with Crippen LogP contribution in [-0.2, 0) is 9.47 Å². The monoisotopic (exact) mass is 226 g/mol. The molecule has 1 N–H and O–H groups in total. The summed E-state index contributed by atoms with van der Waals surface area (Å²) in [5, 5.41) is 3.28. The number of likely N-dealkylation sites (tertiary alicyclic amines) is 1. The number of hydrogen-bond acceptors (Lipinski definition) is 4. The Kier molecular flexibility index (Phi) is 3.97. The van der Waals surface area contributed by atoms with Gasteiger partial charge in [0.15, 0.2) is 0 Å². The third kappa shape index (κ3) is 2.46. The lowest BCUT2D eigenvalue weighted by molar-refractivity contribution is -0.00461. The molecule has 16 heavy (non-hydrogen) atoms. The summed E-state index contributed by atoms with van der Waals surface area (Å²) in [5.41, 5.74) is 3.07. The molecule has 0 bridgehead atoms. The molecular weight excluding hydrogens is 204 g/mol. The Bertz CT molecular complexity index is 260. The zero-order valence-electron chi connectivity index (χ0n) is 10.5. The highest BCUT2D eigenvalue weighted by Gasteiger charge is 2.32. The predicted octanol–water partition coefficient (Wildman–Crippen LogP) is 0.252. The average molecular weight is 226 g/mol. The quantitative estimate of drug-likeness (QED) is 0.697. The van der Waals surface area contributed by atoms with Crippen LogP contribution in [0.2, 0.25) is 0 Å². The summed E-state index contributed by atoms with van der Waals surface area (Å²) in [5.74, 6) is 0. The minimum Gasteiger partial charge on any atom is -0.377 e. The van der Waals surface area contributed by atoms with Gasteiger partial charge in [0, 0.05) is 46.9 Å². The van der Waals surface area contributed by atoms with E-state index >= 15 is 0 Å². The SMILES string of the molecule is COC1CN(CC(C)=C2CNC2)CC1OC. The summed E-state index contributed by atoms with van der Waals surface area (Å²) in [6.45, 7) is 7.39. The molecule has 2 fully saturated rings. The van der Waals surface area contributed by atoms with E-state index in [0.29, 0.717) is 0 Å². The topological polar surface area (TPSA) is 33.7 Å². The van der Waals surface area contributed by atoms with Crippen LogP contribution in [-0.4, -0.2) is 64.1 Å². The lowest BCUT2D eigenvalue weighted by atomic mass is 10.0. The molecule has 0 aromatic rings. The highest BCUT2D eigenvalue weighted by atomic mass is 16.5. The lowest BCUT2D eigenvalue weighted by Gasteiger charge is -2.24. The Hall–Kier alpha value is -0.420. The largest absolute Gasteiger partial charge is 0.377 e. The van der Waals surface area contributed by atoms with Crippen molar-refractivity contribution in [3.63, 3.8) is 0 Å². The van der Waals surface area contributed by atoms with Gasteiger partial charge in [-0.1, -0.05) is 5.57 Å². The van der Waals surface area contributed by atoms with Gasteiger partial charge in [-0.3, -0.25) is 4.90 Å². The molecular formula is C12H22N2O2. The third-order valence-electron chi connectivity index (χ3n) is 3.64. The van der Waals surface area contributed by atoms with Gasteiger partial charge in [-0.25, -0.2) is 0 Å². The number of nitrogens with one attached hydrogen (secondary N) is 1. The first-order chi connectivity index (χ1) is 7.74. The highest BCUT2D eigenvalue weighted by Crippen LogP contribution is 2.18. The molecule has 2 atom stereocenters. The van der Waals surface area contributed by atoms with Gasteiger partial charge >= 0.3 is 0 Å². The van der Waals surface area contributed by atoms with E-state index in [2.05, 4.69) is 17.1 Å². The van der Waals surface area contributed by atoms with Crippen molar-refractivity contribution in [1.29, 1.82) is 0 Å². The van der Waals surface area contributed by atoms with Crippen LogP contribution >= 0.6 is 0 Å². The van der Waals surface area contributed by atoms with Crippen molar-refractivity contribution < 1.29 is 9.47 Å². The second-order valence-corrected chi connectivity index (χ2v) is 4.73. The normalized spacial score (nSPS) is 30.6. The maximum absolute atomic E-state index is 5.43. The van der Waals surface area contributed by atoms with Gasteiger partial charge in [-0.15, -0.1) is 0 Å². The van der Waals surface area contributed by atoms with Crippen molar-refractivity contribution >= 4 is 0 Å².